The van der Waals surface area contributed by atoms with Crippen LogP contribution in [0.3, 0.4) is 0 Å². The van der Waals surface area contributed by atoms with Gasteiger partial charge in [-0.05, 0) is 66.8 Å². The van der Waals surface area contributed by atoms with E-state index in [0.717, 1.165) is 26.9 Å². The van der Waals surface area contributed by atoms with Crippen molar-refractivity contribution in [2.45, 2.75) is 26.9 Å². The number of aromatic nitrogens is 1. The highest BCUT2D eigenvalue weighted by molar-refractivity contribution is 7.09. The Morgan fingerprint density at radius 2 is 1.77 bits per heavy atom. The van der Waals surface area contributed by atoms with Gasteiger partial charge in [0.1, 0.15) is 5.82 Å². The zero-order valence-electron chi connectivity index (χ0n) is 16.7. The Labute approximate surface area is 177 Å². The summed E-state index contributed by atoms with van der Waals surface area (Å²) in [7, 11) is 0. The minimum Gasteiger partial charge on any atom is -0.329 e. The van der Waals surface area contributed by atoms with Crippen LogP contribution in [0, 0.1) is 19.7 Å². The van der Waals surface area contributed by atoms with Crippen LogP contribution >= 0.6 is 11.3 Å². The number of nitrogens with one attached hydrogen (secondary N) is 1. The number of fused-ring (bicyclic) bond motifs is 1. The predicted molar refractivity (Wildman–Crippen MR) is 118 cm³/mol. The summed E-state index contributed by atoms with van der Waals surface area (Å²) >= 11 is 1.55. The summed E-state index contributed by atoms with van der Waals surface area (Å²) in [6.45, 7) is 4.49. The summed E-state index contributed by atoms with van der Waals surface area (Å²) in [4.78, 5) is 31.6. The van der Waals surface area contributed by atoms with E-state index in [1.807, 2.05) is 49.6 Å². The van der Waals surface area contributed by atoms with Gasteiger partial charge in [0.15, 0.2) is 0 Å². The molecule has 4 rings (SSSR count). The van der Waals surface area contributed by atoms with Gasteiger partial charge in [-0.25, -0.2) is 4.39 Å². The van der Waals surface area contributed by atoms with Crippen LogP contribution in [-0.2, 0) is 13.1 Å². The molecule has 6 heteroatoms. The normalized spacial score (nSPS) is 11.0. The van der Waals surface area contributed by atoms with Crippen molar-refractivity contribution < 1.29 is 9.18 Å². The Hall–Kier alpha value is -3.25. The first-order chi connectivity index (χ1) is 14.4. The van der Waals surface area contributed by atoms with Gasteiger partial charge in [0.25, 0.3) is 11.5 Å². The van der Waals surface area contributed by atoms with Gasteiger partial charge in [-0.3, -0.25) is 9.59 Å². The minimum absolute atomic E-state index is 0.159. The van der Waals surface area contributed by atoms with Crippen LogP contribution in [0.4, 0.5) is 4.39 Å². The number of hydrogen-bond donors (Lipinski definition) is 1. The first-order valence-corrected chi connectivity index (χ1v) is 10.5. The van der Waals surface area contributed by atoms with E-state index in [9.17, 15) is 14.0 Å². The Morgan fingerprint density at radius 1 is 1.03 bits per heavy atom. The molecule has 4 aromatic rings. The van der Waals surface area contributed by atoms with Crippen molar-refractivity contribution in [2.75, 3.05) is 0 Å². The molecule has 2 aromatic heterocycles. The van der Waals surface area contributed by atoms with Crippen LogP contribution in [0.15, 0.2) is 64.8 Å². The number of carbonyl (C=O) groups excluding carboxylic acids is 1. The van der Waals surface area contributed by atoms with Gasteiger partial charge in [0, 0.05) is 21.4 Å². The molecule has 0 atom stereocenters. The highest BCUT2D eigenvalue weighted by atomic mass is 32.1. The fourth-order valence-electron chi connectivity index (χ4n) is 3.51. The maximum absolute atomic E-state index is 13.3. The third-order valence-electron chi connectivity index (χ3n) is 5.19. The quantitative estimate of drug-likeness (QED) is 0.483. The maximum atomic E-state index is 13.3. The third kappa shape index (κ3) is 4.04. The van der Waals surface area contributed by atoms with Gasteiger partial charge in [-0.2, -0.15) is 0 Å². The number of hydrogen-bond acceptors (Lipinski definition) is 3. The molecule has 0 radical (unpaired) electrons. The minimum atomic E-state index is -0.395. The lowest BCUT2D eigenvalue weighted by Crippen LogP contribution is -2.32. The van der Waals surface area contributed by atoms with Crippen molar-refractivity contribution in [2.24, 2.45) is 0 Å². The van der Waals surface area contributed by atoms with E-state index in [0.29, 0.717) is 17.7 Å². The number of nitrogens with zero attached hydrogens (tertiary/aromatic N) is 1. The van der Waals surface area contributed by atoms with Crippen LogP contribution in [0.1, 0.15) is 31.9 Å². The van der Waals surface area contributed by atoms with Crippen molar-refractivity contribution in [1.82, 2.24) is 9.88 Å². The van der Waals surface area contributed by atoms with Crippen LogP contribution < -0.4 is 5.56 Å². The first-order valence-electron chi connectivity index (χ1n) is 9.61. The molecule has 0 spiro atoms. The first kappa shape index (κ1) is 20.0. The van der Waals surface area contributed by atoms with Crippen molar-refractivity contribution in [3.05, 3.63) is 103 Å². The Kier molecular flexibility index (Phi) is 5.50. The molecule has 0 aliphatic carbocycles. The molecular formula is C24H21FN2O2S. The van der Waals surface area contributed by atoms with Gasteiger partial charge >= 0.3 is 0 Å². The monoisotopic (exact) mass is 420 g/mol. The largest absolute Gasteiger partial charge is 0.329 e. The number of aryl methyl sites for hydroxylation is 2. The molecule has 0 fully saturated rings. The molecule has 30 heavy (non-hydrogen) atoms. The summed E-state index contributed by atoms with van der Waals surface area (Å²) in [6.07, 6.45) is 0. The zero-order valence-corrected chi connectivity index (χ0v) is 17.6. The summed E-state index contributed by atoms with van der Waals surface area (Å²) in [5.41, 5.74) is 3.57. The van der Waals surface area contributed by atoms with E-state index in [4.69, 9.17) is 0 Å². The molecule has 1 N–H and O–H groups in total. The van der Waals surface area contributed by atoms with E-state index < -0.39 is 5.82 Å². The van der Waals surface area contributed by atoms with E-state index >= 15 is 0 Å². The second kappa shape index (κ2) is 8.24. The molecule has 0 saturated carbocycles. The van der Waals surface area contributed by atoms with Gasteiger partial charge in [0.2, 0.25) is 0 Å². The topological polar surface area (TPSA) is 53.2 Å². The van der Waals surface area contributed by atoms with Crippen LogP contribution in [0.25, 0.3) is 10.9 Å². The molecule has 0 unspecified atom stereocenters. The van der Waals surface area contributed by atoms with Gasteiger partial charge in [0.05, 0.1) is 18.6 Å². The number of rotatable bonds is 5. The second-order valence-electron chi connectivity index (χ2n) is 7.36. The number of pyridine rings is 1. The van der Waals surface area contributed by atoms with E-state index in [2.05, 4.69) is 4.98 Å². The SMILES string of the molecule is Cc1ccc(C)c2[nH]c(=O)c(CN(Cc3cccs3)C(=O)c3ccc(F)cc3)cc12. The molecule has 0 bridgehead atoms. The van der Waals surface area contributed by atoms with Gasteiger partial charge < -0.3 is 9.88 Å². The average molecular weight is 421 g/mol. The molecule has 2 heterocycles. The number of H-pyrrole nitrogens is 1. The summed E-state index contributed by atoms with van der Waals surface area (Å²) in [6, 6.07) is 15.2. The Bertz CT molecular complexity index is 1260. The van der Waals surface area contributed by atoms with Crippen LogP contribution in [0.2, 0.25) is 0 Å². The zero-order chi connectivity index (χ0) is 21.3. The number of amides is 1. The van der Waals surface area contributed by atoms with Crippen molar-refractivity contribution in [1.29, 1.82) is 0 Å². The van der Waals surface area contributed by atoms with E-state index in [-0.39, 0.29) is 18.0 Å². The lowest BCUT2D eigenvalue weighted by atomic mass is 10.0. The number of thiophene rings is 1. The number of aromatic amines is 1. The highest BCUT2D eigenvalue weighted by Crippen LogP contribution is 2.22. The molecule has 0 saturated heterocycles. The molecule has 0 aliphatic heterocycles. The molecule has 1 amide bonds. The average Bonchev–Trinajstić information content (AvgIpc) is 3.24. The van der Waals surface area contributed by atoms with E-state index in [1.165, 1.54) is 24.3 Å². The van der Waals surface area contributed by atoms with Gasteiger partial charge in [-0.1, -0.05) is 18.2 Å². The number of halogens is 1. The van der Waals surface area contributed by atoms with Crippen molar-refractivity contribution in [3.8, 4) is 0 Å². The van der Waals surface area contributed by atoms with Crippen molar-refractivity contribution >= 4 is 28.1 Å². The second-order valence-corrected chi connectivity index (χ2v) is 8.39. The molecule has 0 aliphatic rings. The highest BCUT2D eigenvalue weighted by Gasteiger charge is 2.19. The number of benzene rings is 2. The fourth-order valence-corrected chi connectivity index (χ4v) is 4.23. The Balaban J connectivity index is 1.73. The smallest absolute Gasteiger partial charge is 0.254 e. The molecule has 152 valence electrons. The van der Waals surface area contributed by atoms with Crippen LogP contribution in [-0.4, -0.2) is 15.8 Å². The lowest BCUT2D eigenvalue weighted by molar-refractivity contribution is 0.0731. The van der Waals surface area contributed by atoms with Crippen molar-refractivity contribution in [3.63, 3.8) is 0 Å². The third-order valence-corrected chi connectivity index (χ3v) is 6.05. The summed E-state index contributed by atoms with van der Waals surface area (Å²) < 4.78 is 13.3. The van der Waals surface area contributed by atoms with Crippen LogP contribution in [0.5, 0.6) is 0 Å². The maximum Gasteiger partial charge on any atom is 0.254 e. The number of carbonyl (C=O) groups is 1. The van der Waals surface area contributed by atoms with Gasteiger partial charge in [-0.15, -0.1) is 11.3 Å². The standard InChI is InChI=1S/C24H21FN2O2S/c1-15-5-6-16(2)22-21(15)12-18(23(28)26-22)13-27(14-20-4-3-11-30-20)24(29)17-7-9-19(25)10-8-17/h3-12H,13-14H2,1-2H3,(H,26,28). The fraction of sp³-hybridized carbons (Fsp3) is 0.167. The summed E-state index contributed by atoms with van der Waals surface area (Å²) in [5.74, 6) is -0.642. The predicted octanol–water partition coefficient (Wildman–Crippen LogP) is 5.19. The van der Waals surface area contributed by atoms with E-state index in [1.54, 1.807) is 16.2 Å². The summed E-state index contributed by atoms with van der Waals surface area (Å²) in [5, 5.41) is 2.92. The Morgan fingerprint density at radius 3 is 2.47 bits per heavy atom. The lowest BCUT2D eigenvalue weighted by Gasteiger charge is -2.22. The molecule has 4 nitrogen and oxygen atoms in total. The molecular weight excluding hydrogens is 399 g/mol. The molecule has 2 aromatic carbocycles.